The molecule has 4 nitrogen and oxygen atoms in total. The Labute approximate surface area is 138 Å². The van der Waals surface area contributed by atoms with Gasteiger partial charge in [0.2, 0.25) is 0 Å². The van der Waals surface area contributed by atoms with Crippen molar-refractivity contribution >= 4 is 60.5 Å². The van der Waals surface area contributed by atoms with Gasteiger partial charge in [-0.25, -0.2) is 9.78 Å². The minimum atomic E-state index is -1.01. The van der Waals surface area contributed by atoms with Crippen LogP contribution in [0, 0.1) is 0 Å². The van der Waals surface area contributed by atoms with Crippen LogP contribution < -0.4 is 0 Å². The van der Waals surface area contributed by atoms with Gasteiger partial charge in [-0.1, -0.05) is 0 Å². The second-order valence-corrected chi connectivity index (χ2v) is 7.86. The number of nitrogens with zero attached hydrogens (tertiary/aromatic N) is 1. The number of hydrogen-bond donors (Lipinski definition) is 1. The van der Waals surface area contributed by atoms with E-state index in [0.29, 0.717) is 11.5 Å². The summed E-state index contributed by atoms with van der Waals surface area (Å²) in [7, 11) is 0. The van der Waals surface area contributed by atoms with Gasteiger partial charge in [0.25, 0.3) is 0 Å². The highest BCUT2D eigenvalue weighted by Crippen LogP contribution is 2.40. The molecule has 102 valence electrons. The van der Waals surface area contributed by atoms with Crippen molar-refractivity contribution in [3.8, 4) is 21.3 Å². The molecule has 0 saturated carbocycles. The van der Waals surface area contributed by atoms with E-state index >= 15 is 0 Å². The molecule has 8 heteroatoms. The lowest BCUT2D eigenvalue weighted by Crippen LogP contribution is -1.91. The topological polar surface area (TPSA) is 63.3 Å². The molecule has 3 aromatic rings. The lowest BCUT2D eigenvalue weighted by Gasteiger charge is -1.88. The van der Waals surface area contributed by atoms with Crippen molar-refractivity contribution in [1.82, 2.24) is 4.98 Å². The summed E-state index contributed by atoms with van der Waals surface area (Å²) < 4.78 is 7.23. The summed E-state index contributed by atoms with van der Waals surface area (Å²) in [6.45, 7) is 0. The average molecular weight is 435 g/mol. The first-order valence-corrected chi connectivity index (χ1v) is 8.56. The monoisotopic (exact) mass is 433 g/mol. The fraction of sp³-hybridized carbons (Fsp3) is 0. The predicted molar refractivity (Wildman–Crippen MR) is 85.5 cm³/mol. The molecule has 0 bridgehead atoms. The van der Waals surface area contributed by atoms with E-state index in [-0.39, 0.29) is 5.56 Å². The van der Waals surface area contributed by atoms with E-state index < -0.39 is 5.97 Å². The fourth-order valence-corrected chi connectivity index (χ4v) is 4.44. The van der Waals surface area contributed by atoms with Crippen LogP contribution in [0.25, 0.3) is 21.3 Å². The van der Waals surface area contributed by atoms with Crippen LogP contribution >= 0.6 is 54.5 Å². The molecule has 1 N–H and O–H groups in total. The number of thiazole rings is 1. The summed E-state index contributed by atoms with van der Waals surface area (Å²) >= 11 is 9.96. The summed E-state index contributed by atoms with van der Waals surface area (Å²) in [6.07, 6.45) is 1.22. The molecular weight excluding hydrogens is 430 g/mol. The van der Waals surface area contributed by atoms with Crippen LogP contribution in [-0.2, 0) is 0 Å². The van der Waals surface area contributed by atoms with E-state index in [1.54, 1.807) is 11.3 Å². The molecule has 20 heavy (non-hydrogen) atoms. The Balaban J connectivity index is 1.95. The Bertz CT molecular complexity index is 771. The standard InChI is InChI=1S/C12H5Br2NO3S2/c13-6-2-9(20-10(6)14)11-15-7(4-19-11)8-1-5(3-18-8)12(16)17/h1-4H,(H,16,17). The molecule has 0 amide bonds. The Morgan fingerprint density at radius 1 is 1.35 bits per heavy atom. The van der Waals surface area contributed by atoms with Crippen LogP contribution in [0.5, 0.6) is 0 Å². The normalized spacial score (nSPS) is 10.9. The van der Waals surface area contributed by atoms with Gasteiger partial charge < -0.3 is 9.52 Å². The van der Waals surface area contributed by atoms with Gasteiger partial charge in [-0.3, -0.25) is 0 Å². The summed E-state index contributed by atoms with van der Waals surface area (Å²) in [5, 5.41) is 11.6. The van der Waals surface area contributed by atoms with Gasteiger partial charge in [-0.05, 0) is 37.9 Å². The van der Waals surface area contributed by atoms with E-state index in [0.717, 1.165) is 18.1 Å². The van der Waals surface area contributed by atoms with Gasteiger partial charge in [0.15, 0.2) is 5.76 Å². The number of rotatable bonds is 3. The summed E-state index contributed by atoms with van der Waals surface area (Å²) in [5.74, 6) is -0.554. The number of hydrogen-bond acceptors (Lipinski definition) is 5. The lowest BCUT2D eigenvalue weighted by atomic mass is 10.3. The van der Waals surface area contributed by atoms with Gasteiger partial charge in [0.1, 0.15) is 17.0 Å². The summed E-state index contributed by atoms with van der Waals surface area (Å²) in [4.78, 5) is 16.3. The van der Waals surface area contributed by atoms with Crippen molar-refractivity contribution in [1.29, 1.82) is 0 Å². The number of thiophene rings is 1. The van der Waals surface area contributed by atoms with Gasteiger partial charge in [0.05, 0.1) is 14.2 Å². The molecular formula is C12H5Br2NO3S2. The zero-order valence-electron chi connectivity index (χ0n) is 9.59. The van der Waals surface area contributed by atoms with Gasteiger partial charge in [-0.15, -0.1) is 22.7 Å². The first kappa shape index (κ1) is 14.0. The predicted octanol–water partition coefficient (Wildman–Crippen LogP) is 5.35. The number of carboxylic acid groups (broad SMARTS) is 1. The molecule has 0 spiro atoms. The molecule has 0 atom stereocenters. The number of aromatic nitrogens is 1. The van der Waals surface area contributed by atoms with Crippen LogP contribution in [0.1, 0.15) is 10.4 Å². The highest BCUT2D eigenvalue weighted by atomic mass is 79.9. The van der Waals surface area contributed by atoms with E-state index in [1.165, 1.54) is 23.7 Å². The van der Waals surface area contributed by atoms with Crippen molar-refractivity contribution in [2.45, 2.75) is 0 Å². The third-order valence-electron chi connectivity index (χ3n) is 2.46. The number of carboxylic acids is 1. The van der Waals surface area contributed by atoms with Gasteiger partial charge >= 0.3 is 5.97 Å². The number of aromatic carboxylic acids is 1. The molecule has 0 unspecified atom stereocenters. The zero-order valence-corrected chi connectivity index (χ0v) is 14.4. The molecule has 3 aromatic heterocycles. The molecule has 0 saturated heterocycles. The number of furan rings is 1. The number of halogens is 2. The van der Waals surface area contributed by atoms with E-state index in [1.807, 2.05) is 11.4 Å². The largest absolute Gasteiger partial charge is 0.478 e. The third kappa shape index (κ3) is 2.60. The first-order chi connectivity index (χ1) is 9.54. The minimum Gasteiger partial charge on any atom is -0.478 e. The highest BCUT2D eigenvalue weighted by molar-refractivity contribution is 9.13. The maximum atomic E-state index is 10.8. The molecule has 0 aliphatic rings. The molecule has 0 fully saturated rings. The molecule has 0 aliphatic carbocycles. The van der Waals surface area contributed by atoms with E-state index in [9.17, 15) is 4.79 Å². The van der Waals surface area contributed by atoms with Crippen LogP contribution in [0.3, 0.4) is 0 Å². The maximum Gasteiger partial charge on any atom is 0.338 e. The molecule has 3 rings (SSSR count). The van der Waals surface area contributed by atoms with Crippen molar-refractivity contribution in [3.63, 3.8) is 0 Å². The fourth-order valence-electron chi connectivity index (χ4n) is 1.53. The van der Waals surface area contributed by atoms with Crippen LogP contribution in [-0.4, -0.2) is 16.1 Å². The Morgan fingerprint density at radius 2 is 2.15 bits per heavy atom. The van der Waals surface area contributed by atoms with E-state index in [4.69, 9.17) is 9.52 Å². The molecule has 0 aliphatic heterocycles. The van der Waals surface area contributed by atoms with Gasteiger partial charge in [-0.2, -0.15) is 0 Å². The van der Waals surface area contributed by atoms with Crippen molar-refractivity contribution in [3.05, 3.63) is 37.6 Å². The quantitative estimate of drug-likeness (QED) is 0.602. The van der Waals surface area contributed by atoms with Gasteiger partial charge in [0, 0.05) is 15.9 Å². The average Bonchev–Trinajstić information content (AvgIpc) is 3.09. The van der Waals surface area contributed by atoms with Crippen LogP contribution in [0.2, 0.25) is 0 Å². The molecule has 0 aromatic carbocycles. The maximum absolute atomic E-state index is 10.8. The summed E-state index contributed by atoms with van der Waals surface area (Å²) in [6, 6.07) is 3.46. The second kappa shape index (κ2) is 5.44. The number of carbonyl (C=O) groups is 1. The van der Waals surface area contributed by atoms with Crippen LogP contribution in [0.4, 0.5) is 0 Å². The highest BCUT2D eigenvalue weighted by Gasteiger charge is 2.15. The Hall–Kier alpha value is -0.960. The van der Waals surface area contributed by atoms with Crippen molar-refractivity contribution < 1.29 is 14.3 Å². The zero-order chi connectivity index (χ0) is 14.3. The second-order valence-electron chi connectivity index (χ2n) is 3.77. The van der Waals surface area contributed by atoms with Crippen molar-refractivity contribution in [2.75, 3.05) is 0 Å². The Morgan fingerprint density at radius 3 is 2.75 bits per heavy atom. The van der Waals surface area contributed by atoms with E-state index in [2.05, 4.69) is 36.8 Å². The molecule has 0 radical (unpaired) electrons. The van der Waals surface area contributed by atoms with Crippen molar-refractivity contribution in [2.24, 2.45) is 0 Å². The smallest absolute Gasteiger partial charge is 0.338 e. The first-order valence-electron chi connectivity index (χ1n) is 5.27. The lowest BCUT2D eigenvalue weighted by molar-refractivity contribution is 0.0696. The Kier molecular flexibility index (Phi) is 3.80. The molecule has 3 heterocycles. The van der Waals surface area contributed by atoms with Crippen LogP contribution in [0.15, 0.2) is 36.5 Å². The summed E-state index contributed by atoms with van der Waals surface area (Å²) in [5.41, 5.74) is 0.759. The SMILES string of the molecule is O=C(O)c1coc(-c2csc(-c3cc(Br)c(Br)s3)n2)c1. The third-order valence-corrected chi connectivity index (χ3v) is 6.73. The minimum absolute atomic E-state index is 0.121.